The molecule has 1 unspecified atom stereocenters. The van der Waals surface area contributed by atoms with Crippen LogP contribution in [0.5, 0.6) is 0 Å². The average molecular weight is 328 g/mol. The molecule has 3 rings (SSSR count). The van der Waals surface area contributed by atoms with Crippen LogP contribution in [0.2, 0.25) is 0 Å². The van der Waals surface area contributed by atoms with Gasteiger partial charge in [0.15, 0.2) is 6.61 Å². The van der Waals surface area contributed by atoms with Crippen molar-refractivity contribution in [3.63, 3.8) is 0 Å². The molecule has 0 fully saturated rings. The molecule has 1 aliphatic carbocycles. The number of benzene rings is 1. The van der Waals surface area contributed by atoms with Crippen molar-refractivity contribution in [2.75, 3.05) is 18.5 Å². The summed E-state index contributed by atoms with van der Waals surface area (Å²) in [6.45, 7) is 0.635. The van der Waals surface area contributed by atoms with Gasteiger partial charge in [0.1, 0.15) is 0 Å². The first-order valence-corrected chi connectivity index (χ1v) is 8.00. The van der Waals surface area contributed by atoms with Crippen molar-refractivity contribution in [1.29, 1.82) is 0 Å². The van der Waals surface area contributed by atoms with Gasteiger partial charge < -0.3 is 15.4 Å². The molecule has 3 N–H and O–H groups in total. The molecule has 1 aromatic rings. The highest BCUT2D eigenvalue weighted by Crippen LogP contribution is 2.17. The standard InChI is InChI=1S/C17H20N4O3/c22-15-11-24-16(21-20-15)13-6-8-14(9-7-13)19-17(23)18-10-12-4-2-1-3-5-12/h1-2,6-9,12H,3-5,10-11H2,(H,20,22)(H2,18,19,23). The van der Waals surface area contributed by atoms with Crippen LogP contribution >= 0.6 is 0 Å². The maximum absolute atomic E-state index is 11.9. The second-order valence-corrected chi connectivity index (χ2v) is 5.80. The van der Waals surface area contributed by atoms with Gasteiger partial charge in [-0.25, -0.2) is 10.2 Å². The SMILES string of the molecule is O=C1COC(c2ccc(NC(=O)NCC3CC=CCC3)cc2)=NN1. The molecule has 7 nitrogen and oxygen atoms in total. The summed E-state index contributed by atoms with van der Waals surface area (Å²) >= 11 is 0. The molecule has 3 amide bonds. The summed E-state index contributed by atoms with van der Waals surface area (Å²) in [4.78, 5) is 22.9. The van der Waals surface area contributed by atoms with Crippen molar-refractivity contribution in [3.05, 3.63) is 42.0 Å². The van der Waals surface area contributed by atoms with E-state index in [1.165, 1.54) is 0 Å². The van der Waals surface area contributed by atoms with Crippen LogP contribution in [0.4, 0.5) is 10.5 Å². The van der Waals surface area contributed by atoms with E-state index in [-0.39, 0.29) is 18.5 Å². The minimum absolute atomic E-state index is 0.0441. The van der Waals surface area contributed by atoms with Crippen molar-refractivity contribution in [3.8, 4) is 0 Å². The van der Waals surface area contributed by atoms with E-state index in [0.717, 1.165) is 24.8 Å². The Bertz CT molecular complexity index is 667. The third-order valence-corrected chi connectivity index (χ3v) is 3.94. The summed E-state index contributed by atoms with van der Waals surface area (Å²) in [7, 11) is 0. The molecule has 24 heavy (non-hydrogen) atoms. The van der Waals surface area contributed by atoms with Crippen molar-refractivity contribution >= 4 is 23.5 Å². The fraction of sp³-hybridized carbons (Fsp3) is 0.353. The molecule has 0 aromatic heterocycles. The van der Waals surface area contributed by atoms with Crippen LogP contribution in [0.3, 0.4) is 0 Å². The summed E-state index contributed by atoms with van der Waals surface area (Å²) in [5.41, 5.74) is 3.78. The van der Waals surface area contributed by atoms with Crippen LogP contribution in [0, 0.1) is 5.92 Å². The Labute approximate surface area is 140 Å². The average Bonchev–Trinajstić information content (AvgIpc) is 2.62. The fourth-order valence-electron chi connectivity index (χ4n) is 2.61. The Kier molecular flexibility index (Phi) is 5.10. The van der Waals surface area contributed by atoms with E-state index in [9.17, 15) is 9.59 Å². The smallest absolute Gasteiger partial charge is 0.319 e. The molecule has 1 aliphatic heterocycles. The molecule has 1 atom stereocenters. The molecule has 0 saturated heterocycles. The summed E-state index contributed by atoms with van der Waals surface area (Å²) in [6.07, 6.45) is 7.58. The van der Waals surface area contributed by atoms with Gasteiger partial charge in [0.2, 0.25) is 5.90 Å². The quantitative estimate of drug-likeness (QED) is 0.738. The Balaban J connectivity index is 1.49. The molecule has 0 saturated carbocycles. The number of carbonyl (C=O) groups is 2. The summed E-state index contributed by atoms with van der Waals surface area (Å²) in [5.74, 6) is 0.595. The lowest BCUT2D eigenvalue weighted by atomic mass is 9.94. The Morgan fingerprint density at radius 1 is 1.29 bits per heavy atom. The molecule has 1 heterocycles. The molecule has 1 aromatic carbocycles. The van der Waals surface area contributed by atoms with Crippen molar-refractivity contribution in [2.24, 2.45) is 11.0 Å². The first kappa shape index (κ1) is 16.0. The minimum atomic E-state index is -0.276. The largest absolute Gasteiger partial charge is 0.466 e. The van der Waals surface area contributed by atoms with Crippen LogP contribution in [0.1, 0.15) is 24.8 Å². The first-order valence-electron chi connectivity index (χ1n) is 8.00. The molecular weight excluding hydrogens is 308 g/mol. The summed E-state index contributed by atoms with van der Waals surface area (Å²) in [5, 5.41) is 9.55. The number of hydrogen-bond donors (Lipinski definition) is 3. The number of urea groups is 1. The molecule has 126 valence electrons. The van der Waals surface area contributed by atoms with Gasteiger partial charge in [-0.15, -0.1) is 5.10 Å². The van der Waals surface area contributed by atoms with Crippen molar-refractivity contribution in [1.82, 2.24) is 10.7 Å². The number of hydrazone groups is 1. The van der Waals surface area contributed by atoms with Crippen LogP contribution < -0.4 is 16.1 Å². The Morgan fingerprint density at radius 3 is 2.79 bits per heavy atom. The molecule has 0 radical (unpaired) electrons. The van der Waals surface area contributed by atoms with Crippen molar-refractivity contribution in [2.45, 2.75) is 19.3 Å². The zero-order chi connectivity index (χ0) is 16.8. The van der Waals surface area contributed by atoms with Crippen LogP contribution in [-0.2, 0) is 9.53 Å². The number of carbonyl (C=O) groups excluding carboxylic acids is 2. The molecule has 2 aliphatic rings. The first-order chi connectivity index (χ1) is 11.7. The lowest BCUT2D eigenvalue weighted by Crippen LogP contribution is -2.33. The van der Waals surface area contributed by atoms with Crippen LogP contribution in [0.25, 0.3) is 0 Å². The lowest BCUT2D eigenvalue weighted by molar-refractivity contribution is -0.124. The van der Waals surface area contributed by atoms with Gasteiger partial charge in [-0.3, -0.25) is 4.79 Å². The maximum atomic E-state index is 11.9. The third kappa shape index (κ3) is 4.34. The number of nitrogens with one attached hydrogen (secondary N) is 3. The normalized spacial score (nSPS) is 19.8. The van der Waals surface area contributed by atoms with E-state index in [1.807, 2.05) is 0 Å². The topological polar surface area (TPSA) is 91.8 Å². The van der Waals surface area contributed by atoms with Gasteiger partial charge in [0, 0.05) is 17.8 Å². The number of hydrogen-bond acceptors (Lipinski definition) is 4. The number of ether oxygens (including phenoxy) is 1. The number of anilines is 1. The highest BCUT2D eigenvalue weighted by atomic mass is 16.5. The monoisotopic (exact) mass is 328 g/mol. The van der Waals surface area contributed by atoms with E-state index in [4.69, 9.17) is 4.74 Å². The van der Waals surface area contributed by atoms with Gasteiger partial charge in [-0.2, -0.15) is 0 Å². The van der Waals surface area contributed by atoms with Gasteiger partial charge in [0.25, 0.3) is 5.91 Å². The predicted molar refractivity (Wildman–Crippen MR) is 90.6 cm³/mol. The van der Waals surface area contributed by atoms with Gasteiger partial charge in [-0.1, -0.05) is 12.2 Å². The summed E-state index contributed by atoms with van der Waals surface area (Å²) in [6, 6.07) is 6.87. The second-order valence-electron chi connectivity index (χ2n) is 5.80. The van der Waals surface area contributed by atoms with E-state index < -0.39 is 0 Å². The van der Waals surface area contributed by atoms with E-state index in [2.05, 4.69) is 33.3 Å². The second kappa shape index (κ2) is 7.63. The van der Waals surface area contributed by atoms with E-state index >= 15 is 0 Å². The van der Waals surface area contributed by atoms with Gasteiger partial charge in [-0.05, 0) is 49.4 Å². The highest BCUT2D eigenvalue weighted by molar-refractivity contribution is 5.98. The van der Waals surface area contributed by atoms with E-state index in [1.54, 1.807) is 24.3 Å². The maximum Gasteiger partial charge on any atom is 0.319 e. The fourth-order valence-corrected chi connectivity index (χ4v) is 2.61. The number of allylic oxidation sites excluding steroid dienone is 2. The molecular formula is C17H20N4O3. The minimum Gasteiger partial charge on any atom is -0.466 e. The Morgan fingerprint density at radius 2 is 2.12 bits per heavy atom. The lowest BCUT2D eigenvalue weighted by Gasteiger charge is -2.18. The molecule has 0 spiro atoms. The van der Waals surface area contributed by atoms with E-state index in [0.29, 0.717) is 24.0 Å². The predicted octanol–water partition coefficient (Wildman–Crippen LogP) is 1.97. The highest BCUT2D eigenvalue weighted by Gasteiger charge is 2.14. The number of nitrogens with zero attached hydrogens (tertiary/aromatic N) is 1. The third-order valence-electron chi connectivity index (χ3n) is 3.94. The zero-order valence-corrected chi connectivity index (χ0v) is 13.2. The molecule has 0 bridgehead atoms. The number of amides is 3. The molecule has 7 heteroatoms. The number of rotatable bonds is 4. The summed E-state index contributed by atoms with van der Waals surface area (Å²) < 4.78 is 5.24. The van der Waals surface area contributed by atoms with Gasteiger partial charge >= 0.3 is 6.03 Å². The van der Waals surface area contributed by atoms with Crippen LogP contribution in [-0.4, -0.2) is 31.0 Å². The van der Waals surface area contributed by atoms with Gasteiger partial charge in [0.05, 0.1) is 0 Å². The van der Waals surface area contributed by atoms with Crippen molar-refractivity contribution < 1.29 is 14.3 Å². The van der Waals surface area contributed by atoms with Crippen LogP contribution in [0.15, 0.2) is 41.5 Å². The Hall–Kier alpha value is -2.83. The zero-order valence-electron chi connectivity index (χ0n) is 13.2.